The van der Waals surface area contributed by atoms with Crippen LogP contribution in [-0.2, 0) is 0 Å². The van der Waals surface area contributed by atoms with Gasteiger partial charge in [0.05, 0.1) is 12.8 Å². The number of nitrogens with zero attached hydrogens (tertiary/aromatic N) is 2. The molecule has 1 saturated carbocycles. The highest BCUT2D eigenvalue weighted by molar-refractivity contribution is 6.70. The van der Waals surface area contributed by atoms with Crippen LogP contribution in [0, 0.1) is 5.92 Å². The molecule has 0 spiro atoms. The van der Waals surface area contributed by atoms with Gasteiger partial charge in [-0.1, -0.05) is 11.6 Å². The third kappa shape index (κ3) is 2.12. The SMILES string of the molecule is COc1ccc2c(c1)N(CC1CC1)CN=C2Cl. The van der Waals surface area contributed by atoms with Gasteiger partial charge in [-0.3, -0.25) is 4.99 Å². The van der Waals surface area contributed by atoms with Crippen LogP contribution >= 0.6 is 11.6 Å². The van der Waals surface area contributed by atoms with Gasteiger partial charge >= 0.3 is 0 Å². The molecule has 1 heterocycles. The van der Waals surface area contributed by atoms with Gasteiger partial charge in [0.2, 0.25) is 0 Å². The number of aliphatic imine (C=N–C) groups is 1. The van der Waals surface area contributed by atoms with E-state index in [2.05, 4.69) is 16.0 Å². The molecular formula is C13H15ClN2O. The molecule has 0 saturated heterocycles. The Kier molecular flexibility index (Phi) is 2.71. The highest BCUT2D eigenvalue weighted by Crippen LogP contribution is 2.35. The van der Waals surface area contributed by atoms with E-state index in [4.69, 9.17) is 16.3 Å². The van der Waals surface area contributed by atoms with Gasteiger partial charge in [0, 0.05) is 18.2 Å². The number of hydrogen-bond acceptors (Lipinski definition) is 3. The van der Waals surface area contributed by atoms with Crippen molar-refractivity contribution in [3.05, 3.63) is 23.8 Å². The average molecular weight is 251 g/mol. The molecule has 1 aromatic carbocycles. The highest BCUT2D eigenvalue weighted by Gasteiger charge is 2.27. The summed E-state index contributed by atoms with van der Waals surface area (Å²) in [5.41, 5.74) is 2.16. The Morgan fingerprint density at radius 3 is 3.00 bits per heavy atom. The second-order valence-electron chi connectivity index (χ2n) is 4.64. The molecule has 1 fully saturated rings. The van der Waals surface area contributed by atoms with Gasteiger partial charge in [0.15, 0.2) is 0 Å². The maximum atomic E-state index is 6.14. The van der Waals surface area contributed by atoms with Gasteiger partial charge in [-0.25, -0.2) is 0 Å². The van der Waals surface area contributed by atoms with Crippen LogP contribution < -0.4 is 9.64 Å². The van der Waals surface area contributed by atoms with Crippen molar-refractivity contribution < 1.29 is 4.74 Å². The number of hydrogen-bond donors (Lipinski definition) is 0. The molecule has 0 unspecified atom stereocenters. The van der Waals surface area contributed by atoms with E-state index in [1.165, 1.54) is 12.8 Å². The molecule has 0 atom stereocenters. The third-order valence-corrected chi connectivity index (χ3v) is 3.65. The minimum atomic E-state index is 0.606. The lowest BCUT2D eigenvalue weighted by molar-refractivity contribution is 0.414. The lowest BCUT2D eigenvalue weighted by atomic mass is 10.1. The summed E-state index contributed by atoms with van der Waals surface area (Å²) in [5, 5.41) is 0.606. The van der Waals surface area contributed by atoms with E-state index in [1.807, 2.05) is 12.1 Å². The number of methoxy groups -OCH3 is 1. The molecular weight excluding hydrogens is 236 g/mol. The monoisotopic (exact) mass is 250 g/mol. The fraction of sp³-hybridized carbons (Fsp3) is 0.462. The lowest BCUT2D eigenvalue weighted by Crippen LogP contribution is -2.30. The molecule has 0 amide bonds. The molecule has 0 radical (unpaired) electrons. The van der Waals surface area contributed by atoms with E-state index in [0.717, 1.165) is 29.5 Å². The van der Waals surface area contributed by atoms with Gasteiger partial charge in [0.25, 0.3) is 0 Å². The zero-order valence-corrected chi connectivity index (χ0v) is 10.6. The van der Waals surface area contributed by atoms with Crippen molar-refractivity contribution in [1.29, 1.82) is 0 Å². The fourth-order valence-corrected chi connectivity index (χ4v) is 2.36. The van der Waals surface area contributed by atoms with E-state index < -0.39 is 0 Å². The summed E-state index contributed by atoms with van der Waals surface area (Å²) in [7, 11) is 1.69. The molecule has 3 rings (SSSR count). The van der Waals surface area contributed by atoms with Crippen molar-refractivity contribution in [3.63, 3.8) is 0 Å². The molecule has 4 heteroatoms. The van der Waals surface area contributed by atoms with Gasteiger partial charge in [-0.05, 0) is 30.9 Å². The Hall–Kier alpha value is -1.22. The van der Waals surface area contributed by atoms with Gasteiger partial charge in [0.1, 0.15) is 17.6 Å². The maximum Gasteiger partial charge on any atom is 0.135 e. The van der Waals surface area contributed by atoms with Gasteiger partial charge in [-0.15, -0.1) is 0 Å². The van der Waals surface area contributed by atoms with Crippen LogP contribution in [-0.4, -0.2) is 25.5 Å². The van der Waals surface area contributed by atoms with Crippen LogP contribution in [0.2, 0.25) is 0 Å². The summed E-state index contributed by atoms with van der Waals surface area (Å²) in [6.07, 6.45) is 2.68. The average Bonchev–Trinajstić information content (AvgIpc) is 3.16. The summed E-state index contributed by atoms with van der Waals surface area (Å²) in [4.78, 5) is 6.65. The minimum absolute atomic E-state index is 0.606. The quantitative estimate of drug-likeness (QED) is 0.824. The first-order valence-electron chi connectivity index (χ1n) is 5.91. The standard InChI is InChI=1S/C13H15ClN2O/c1-17-10-4-5-11-12(6-10)16(7-9-2-3-9)8-15-13(11)14/h4-6,9H,2-3,7-8H2,1H3. The number of ether oxygens (including phenoxy) is 1. The van der Waals surface area contributed by atoms with E-state index in [-0.39, 0.29) is 0 Å². The number of rotatable bonds is 3. The number of anilines is 1. The molecule has 0 aromatic heterocycles. The Morgan fingerprint density at radius 2 is 2.29 bits per heavy atom. The largest absolute Gasteiger partial charge is 0.497 e. The van der Waals surface area contributed by atoms with E-state index in [1.54, 1.807) is 7.11 Å². The predicted molar refractivity (Wildman–Crippen MR) is 70.3 cm³/mol. The van der Waals surface area contributed by atoms with Crippen molar-refractivity contribution in [3.8, 4) is 5.75 Å². The molecule has 3 nitrogen and oxygen atoms in total. The van der Waals surface area contributed by atoms with E-state index >= 15 is 0 Å². The van der Waals surface area contributed by atoms with E-state index in [0.29, 0.717) is 11.8 Å². The summed E-state index contributed by atoms with van der Waals surface area (Å²) >= 11 is 6.14. The topological polar surface area (TPSA) is 24.8 Å². The van der Waals surface area contributed by atoms with Crippen molar-refractivity contribution in [2.75, 3.05) is 25.2 Å². The molecule has 1 aliphatic heterocycles. The Bertz CT molecular complexity index is 468. The normalized spacial score (nSPS) is 18.7. The van der Waals surface area contributed by atoms with Crippen LogP contribution in [0.5, 0.6) is 5.75 Å². The minimum Gasteiger partial charge on any atom is -0.497 e. The number of fused-ring (bicyclic) bond motifs is 1. The number of benzene rings is 1. The van der Waals surface area contributed by atoms with E-state index in [9.17, 15) is 0 Å². The zero-order chi connectivity index (χ0) is 11.8. The summed E-state index contributed by atoms with van der Waals surface area (Å²) in [6, 6.07) is 5.96. The maximum absolute atomic E-state index is 6.14. The Morgan fingerprint density at radius 1 is 1.47 bits per heavy atom. The molecule has 1 aliphatic carbocycles. The number of halogens is 1. The second-order valence-corrected chi connectivity index (χ2v) is 5.00. The third-order valence-electron chi connectivity index (χ3n) is 3.32. The van der Waals surface area contributed by atoms with Gasteiger partial charge < -0.3 is 9.64 Å². The van der Waals surface area contributed by atoms with Crippen LogP contribution in [0.25, 0.3) is 0 Å². The first-order valence-corrected chi connectivity index (χ1v) is 6.29. The zero-order valence-electron chi connectivity index (χ0n) is 9.82. The molecule has 17 heavy (non-hydrogen) atoms. The first kappa shape index (κ1) is 10.9. The molecule has 2 aliphatic rings. The first-order chi connectivity index (χ1) is 8.28. The molecule has 1 aromatic rings. The Labute approximate surface area is 106 Å². The summed E-state index contributed by atoms with van der Waals surface area (Å²) < 4.78 is 5.27. The smallest absolute Gasteiger partial charge is 0.135 e. The van der Waals surface area contributed by atoms with Crippen LogP contribution in [0.4, 0.5) is 5.69 Å². The second kappa shape index (κ2) is 4.22. The predicted octanol–water partition coefficient (Wildman–Crippen LogP) is 2.87. The highest BCUT2D eigenvalue weighted by atomic mass is 35.5. The van der Waals surface area contributed by atoms with Crippen LogP contribution in [0.3, 0.4) is 0 Å². The van der Waals surface area contributed by atoms with Crippen molar-refractivity contribution in [2.24, 2.45) is 10.9 Å². The van der Waals surface area contributed by atoms with Gasteiger partial charge in [-0.2, -0.15) is 0 Å². The van der Waals surface area contributed by atoms with Crippen LogP contribution in [0.15, 0.2) is 23.2 Å². The lowest BCUT2D eigenvalue weighted by Gasteiger charge is -2.29. The summed E-state index contributed by atoms with van der Waals surface area (Å²) in [5.74, 6) is 1.71. The molecule has 0 N–H and O–H groups in total. The Balaban J connectivity index is 1.96. The van der Waals surface area contributed by atoms with Crippen molar-refractivity contribution in [1.82, 2.24) is 0 Å². The molecule has 0 bridgehead atoms. The molecule has 90 valence electrons. The fourth-order valence-electron chi connectivity index (χ4n) is 2.15. The summed E-state index contributed by atoms with van der Waals surface area (Å²) in [6.45, 7) is 1.74. The van der Waals surface area contributed by atoms with Crippen LogP contribution in [0.1, 0.15) is 18.4 Å². The van der Waals surface area contributed by atoms with Crippen molar-refractivity contribution in [2.45, 2.75) is 12.8 Å². The van der Waals surface area contributed by atoms with Crippen molar-refractivity contribution >= 4 is 22.5 Å².